The van der Waals surface area contributed by atoms with Gasteiger partial charge in [0, 0.05) is 18.0 Å². The second-order valence-corrected chi connectivity index (χ2v) is 5.23. The molecule has 2 aromatic rings. The first-order valence-corrected chi connectivity index (χ1v) is 7.68. The third kappa shape index (κ3) is 3.87. The van der Waals surface area contributed by atoms with Crippen LogP contribution in [0.5, 0.6) is 0 Å². The maximum Gasteiger partial charge on any atom is 0.255 e. The zero-order valence-electron chi connectivity index (χ0n) is 12.2. The summed E-state index contributed by atoms with van der Waals surface area (Å²) >= 11 is 5.77. The predicted octanol–water partition coefficient (Wildman–Crippen LogP) is 4.02. The smallest absolute Gasteiger partial charge is 0.255 e. The lowest BCUT2D eigenvalue weighted by molar-refractivity contribution is 0.0717. The number of rotatable bonds is 6. The first kappa shape index (κ1) is 16.1. The van der Waals surface area contributed by atoms with E-state index in [0.717, 1.165) is 5.56 Å². The molecule has 1 atom stereocenters. The molecule has 0 saturated heterocycles. The molecule has 0 aliphatic heterocycles. The van der Waals surface area contributed by atoms with Gasteiger partial charge in [-0.25, -0.2) is 0 Å². The number of amides is 1. The number of nitriles is 1. The van der Waals surface area contributed by atoms with Gasteiger partial charge in [-0.15, -0.1) is 11.6 Å². The van der Waals surface area contributed by atoms with Crippen molar-refractivity contribution in [2.45, 2.75) is 12.5 Å². The molecular weight excluding hydrogens is 296 g/mol. The molecule has 112 valence electrons. The highest BCUT2D eigenvalue weighted by Crippen LogP contribution is 2.22. The fraction of sp³-hybridized carbons (Fsp3) is 0.222. The van der Waals surface area contributed by atoms with Crippen molar-refractivity contribution in [2.75, 3.05) is 12.4 Å². The minimum absolute atomic E-state index is 0.152. The van der Waals surface area contributed by atoms with Crippen molar-refractivity contribution in [1.29, 1.82) is 5.26 Å². The average molecular weight is 313 g/mol. The van der Waals surface area contributed by atoms with Crippen LogP contribution in [0.25, 0.3) is 0 Å². The van der Waals surface area contributed by atoms with Gasteiger partial charge in [0.25, 0.3) is 5.91 Å². The van der Waals surface area contributed by atoms with Crippen LogP contribution in [-0.4, -0.2) is 23.2 Å². The van der Waals surface area contributed by atoms with Crippen LogP contribution >= 0.6 is 11.6 Å². The Hall–Kier alpha value is -2.31. The highest BCUT2D eigenvalue weighted by atomic mass is 35.5. The van der Waals surface area contributed by atoms with E-state index in [2.05, 4.69) is 6.07 Å². The molecule has 2 aromatic carbocycles. The van der Waals surface area contributed by atoms with Crippen molar-refractivity contribution < 1.29 is 4.79 Å². The van der Waals surface area contributed by atoms with Crippen LogP contribution < -0.4 is 0 Å². The number of alkyl halides is 1. The molecule has 0 N–H and O–H groups in total. The van der Waals surface area contributed by atoms with E-state index in [1.807, 2.05) is 48.5 Å². The molecule has 0 bridgehead atoms. The molecule has 0 saturated carbocycles. The lowest BCUT2D eigenvalue weighted by atomic mass is 10.0. The van der Waals surface area contributed by atoms with Gasteiger partial charge in [0.2, 0.25) is 0 Å². The number of halogens is 1. The lowest BCUT2D eigenvalue weighted by Gasteiger charge is -2.27. The highest BCUT2D eigenvalue weighted by molar-refractivity contribution is 6.17. The molecule has 0 unspecified atom stereocenters. The molecule has 0 aromatic heterocycles. The van der Waals surface area contributed by atoms with E-state index < -0.39 is 6.04 Å². The van der Waals surface area contributed by atoms with Crippen molar-refractivity contribution in [3.8, 4) is 6.07 Å². The van der Waals surface area contributed by atoms with Crippen molar-refractivity contribution in [3.63, 3.8) is 0 Å². The molecule has 4 heteroatoms. The Bertz CT molecular complexity index is 637. The predicted molar refractivity (Wildman–Crippen MR) is 87.6 cm³/mol. The largest absolute Gasteiger partial charge is 0.318 e. The minimum atomic E-state index is -0.614. The molecule has 0 fully saturated rings. The first-order valence-electron chi connectivity index (χ1n) is 7.14. The fourth-order valence-electron chi connectivity index (χ4n) is 2.28. The Morgan fingerprint density at radius 1 is 1.09 bits per heavy atom. The van der Waals surface area contributed by atoms with E-state index in [4.69, 9.17) is 11.6 Å². The van der Waals surface area contributed by atoms with E-state index >= 15 is 0 Å². The normalized spacial score (nSPS) is 11.5. The number of hydrogen-bond donors (Lipinski definition) is 0. The van der Waals surface area contributed by atoms with Crippen LogP contribution in [0.2, 0.25) is 0 Å². The maximum atomic E-state index is 12.8. The van der Waals surface area contributed by atoms with Gasteiger partial charge in [-0.05, 0) is 24.1 Å². The summed E-state index contributed by atoms with van der Waals surface area (Å²) in [6, 6.07) is 20.0. The molecular formula is C18H17ClN2O. The van der Waals surface area contributed by atoms with Crippen LogP contribution in [0.15, 0.2) is 60.7 Å². The van der Waals surface area contributed by atoms with Gasteiger partial charge in [-0.1, -0.05) is 48.5 Å². The number of nitrogens with zero attached hydrogens (tertiary/aromatic N) is 2. The number of hydrogen-bond acceptors (Lipinski definition) is 2. The maximum absolute atomic E-state index is 12.8. The van der Waals surface area contributed by atoms with Crippen molar-refractivity contribution in [2.24, 2.45) is 0 Å². The van der Waals surface area contributed by atoms with Gasteiger partial charge < -0.3 is 4.90 Å². The monoisotopic (exact) mass is 312 g/mol. The van der Waals surface area contributed by atoms with Gasteiger partial charge in [-0.2, -0.15) is 5.26 Å². The summed E-state index contributed by atoms with van der Waals surface area (Å²) in [5.74, 6) is 0.298. The molecule has 0 radical (unpaired) electrons. The molecule has 0 spiro atoms. The van der Waals surface area contributed by atoms with E-state index in [-0.39, 0.29) is 5.91 Å². The summed E-state index contributed by atoms with van der Waals surface area (Å²) in [6.07, 6.45) is 0.644. The molecule has 0 heterocycles. The SMILES string of the molecule is N#C[C@H](c1ccccc1)N(CCCCl)C(=O)c1ccccc1. The summed E-state index contributed by atoms with van der Waals surface area (Å²) in [6.45, 7) is 0.449. The summed E-state index contributed by atoms with van der Waals surface area (Å²) in [7, 11) is 0. The van der Waals surface area contributed by atoms with Crippen LogP contribution in [0.4, 0.5) is 0 Å². The topological polar surface area (TPSA) is 44.1 Å². The Labute approximate surface area is 135 Å². The second kappa shape index (κ2) is 8.21. The van der Waals surface area contributed by atoms with Gasteiger partial charge >= 0.3 is 0 Å². The van der Waals surface area contributed by atoms with Gasteiger partial charge in [0.05, 0.1) is 6.07 Å². The lowest BCUT2D eigenvalue weighted by Crippen LogP contribution is -2.35. The summed E-state index contributed by atoms with van der Waals surface area (Å²) in [5.41, 5.74) is 1.39. The molecule has 0 aliphatic carbocycles. The zero-order chi connectivity index (χ0) is 15.8. The van der Waals surface area contributed by atoms with Crippen molar-refractivity contribution in [1.82, 2.24) is 4.90 Å². The number of carbonyl (C=O) groups excluding carboxylic acids is 1. The average Bonchev–Trinajstić information content (AvgIpc) is 2.59. The highest BCUT2D eigenvalue weighted by Gasteiger charge is 2.25. The third-order valence-electron chi connectivity index (χ3n) is 3.36. The van der Waals surface area contributed by atoms with Crippen LogP contribution in [-0.2, 0) is 0 Å². The number of benzene rings is 2. The van der Waals surface area contributed by atoms with Gasteiger partial charge in [0.15, 0.2) is 0 Å². The van der Waals surface area contributed by atoms with Crippen LogP contribution in [0.3, 0.4) is 0 Å². The molecule has 0 aliphatic rings. The fourth-order valence-corrected chi connectivity index (χ4v) is 2.40. The quantitative estimate of drug-likeness (QED) is 0.756. The summed E-state index contributed by atoms with van der Waals surface area (Å²) in [5, 5.41) is 9.57. The minimum Gasteiger partial charge on any atom is -0.318 e. The third-order valence-corrected chi connectivity index (χ3v) is 3.63. The van der Waals surface area contributed by atoms with Gasteiger partial charge in [-0.3, -0.25) is 4.79 Å². The first-order chi connectivity index (χ1) is 10.8. The molecule has 3 nitrogen and oxygen atoms in total. The Morgan fingerprint density at radius 2 is 1.68 bits per heavy atom. The van der Waals surface area contributed by atoms with E-state index in [0.29, 0.717) is 24.4 Å². The Morgan fingerprint density at radius 3 is 2.23 bits per heavy atom. The van der Waals surface area contributed by atoms with E-state index in [1.54, 1.807) is 17.0 Å². The van der Waals surface area contributed by atoms with E-state index in [1.165, 1.54) is 0 Å². The molecule has 1 amide bonds. The van der Waals surface area contributed by atoms with Crippen LogP contribution in [0, 0.1) is 11.3 Å². The Kier molecular flexibility index (Phi) is 6.00. The Balaban J connectivity index is 2.32. The van der Waals surface area contributed by atoms with Gasteiger partial charge in [0.1, 0.15) is 6.04 Å². The summed E-state index contributed by atoms with van der Waals surface area (Å²) in [4.78, 5) is 14.3. The molecule has 2 rings (SSSR count). The summed E-state index contributed by atoms with van der Waals surface area (Å²) < 4.78 is 0. The van der Waals surface area contributed by atoms with E-state index in [9.17, 15) is 10.1 Å². The second-order valence-electron chi connectivity index (χ2n) is 4.85. The standard InChI is InChI=1S/C18H17ClN2O/c19-12-7-13-21(18(22)16-10-5-2-6-11-16)17(14-20)15-8-3-1-4-9-15/h1-6,8-11,17H,7,12-13H2/t17-/m1/s1. The molecule has 22 heavy (non-hydrogen) atoms. The van der Waals surface area contributed by atoms with Crippen molar-refractivity contribution in [3.05, 3.63) is 71.8 Å². The van der Waals surface area contributed by atoms with Crippen molar-refractivity contribution >= 4 is 17.5 Å². The van der Waals surface area contributed by atoms with Crippen LogP contribution in [0.1, 0.15) is 28.4 Å². The zero-order valence-corrected chi connectivity index (χ0v) is 12.9. The number of carbonyl (C=O) groups is 1.